The number of aryl methyl sites for hydroxylation is 1. The molecule has 0 aliphatic carbocycles. The smallest absolute Gasteiger partial charge is 0.124 e. The minimum absolute atomic E-state index is 0.913. The highest BCUT2D eigenvalue weighted by atomic mass is 32.1. The lowest BCUT2D eigenvalue weighted by Gasteiger charge is -2.19. The highest BCUT2D eigenvalue weighted by molar-refractivity contribution is 7.80. The van der Waals surface area contributed by atoms with Crippen molar-refractivity contribution in [1.82, 2.24) is 4.90 Å². The average Bonchev–Trinajstić information content (AvgIpc) is 2.33. The van der Waals surface area contributed by atoms with Crippen LogP contribution in [0, 0.1) is 20.8 Å². The van der Waals surface area contributed by atoms with Gasteiger partial charge in [-0.25, -0.2) is 0 Å². The van der Waals surface area contributed by atoms with Crippen molar-refractivity contribution in [3.05, 3.63) is 28.3 Å². The molecule has 3 heteroatoms. The lowest BCUT2D eigenvalue weighted by Crippen LogP contribution is -2.23. The number of benzene rings is 1. The minimum atomic E-state index is 0.913. The Morgan fingerprint density at radius 2 is 1.83 bits per heavy atom. The van der Waals surface area contributed by atoms with E-state index >= 15 is 0 Å². The van der Waals surface area contributed by atoms with Crippen LogP contribution in [-0.2, 0) is 6.42 Å². The molecule has 1 rings (SSSR count). The predicted molar refractivity (Wildman–Crippen MR) is 82.3 cm³/mol. The zero-order valence-electron chi connectivity index (χ0n) is 12.2. The second-order valence-corrected chi connectivity index (χ2v) is 5.36. The number of hydrogen-bond acceptors (Lipinski definition) is 3. The Morgan fingerprint density at radius 3 is 2.39 bits per heavy atom. The van der Waals surface area contributed by atoms with E-state index in [1.807, 2.05) is 0 Å². The lowest BCUT2D eigenvalue weighted by atomic mass is 9.96. The maximum absolute atomic E-state index is 5.46. The van der Waals surface area contributed by atoms with Crippen molar-refractivity contribution in [2.45, 2.75) is 27.2 Å². The number of nitrogens with zero attached hydrogens (tertiary/aromatic N) is 1. The molecule has 0 aliphatic heterocycles. The fraction of sp³-hybridized carbons (Fsp3) is 0.600. The Balaban J connectivity index is 2.84. The normalized spacial score (nSPS) is 11.1. The molecule has 0 aliphatic rings. The molecule has 2 nitrogen and oxygen atoms in total. The summed E-state index contributed by atoms with van der Waals surface area (Å²) < 4.78 is 5.46. The number of likely N-dealkylation sites (N-methyl/N-ethyl adjacent to an activating group) is 1. The van der Waals surface area contributed by atoms with Crippen LogP contribution in [0.3, 0.4) is 0 Å². The van der Waals surface area contributed by atoms with Gasteiger partial charge in [-0.1, -0.05) is 6.07 Å². The molecular formula is C15H25NOS. The second-order valence-electron chi connectivity index (χ2n) is 4.91. The molecule has 0 saturated heterocycles. The van der Waals surface area contributed by atoms with E-state index in [4.69, 9.17) is 4.74 Å². The average molecular weight is 267 g/mol. The fourth-order valence-electron chi connectivity index (χ4n) is 2.31. The van der Waals surface area contributed by atoms with Crippen molar-refractivity contribution < 1.29 is 4.74 Å². The quantitative estimate of drug-likeness (QED) is 0.795. The number of thiol groups is 1. The van der Waals surface area contributed by atoms with Crippen LogP contribution in [0.2, 0.25) is 0 Å². The van der Waals surface area contributed by atoms with E-state index in [1.54, 1.807) is 7.11 Å². The number of rotatable bonds is 6. The maximum atomic E-state index is 5.46. The highest BCUT2D eigenvalue weighted by Gasteiger charge is 2.10. The van der Waals surface area contributed by atoms with Gasteiger partial charge in [-0.3, -0.25) is 0 Å². The summed E-state index contributed by atoms with van der Waals surface area (Å²) in [6, 6.07) is 2.26. The zero-order valence-corrected chi connectivity index (χ0v) is 13.1. The summed E-state index contributed by atoms with van der Waals surface area (Å²) in [4.78, 5) is 2.32. The Labute approximate surface area is 117 Å². The molecular weight excluding hydrogens is 242 g/mol. The lowest BCUT2D eigenvalue weighted by molar-refractivity contribution is 0.360. The van der Waals surface area contributed by atoms with E-state index in [-0.39, 0.29) is 0 Å². The van der Waals surface area contributed by atoms with E-state index in [1.165, 1.54) is 22.3 Å². The van der Waals surface area contributed by atoms with Gasteiger partial charge in [0.2, 0.25) is 0 Å². The summed E-state index contributed by atoms with van der Waals surface area (Å²) in [6.45, 7) is 8.56. The third-order valence-electron chi connectivity index (χ3n) is 3.58. The summed E-state index contributed by atoms with van der Waals surface area (Å²) in [5, 5.41) is 0. The summed E-state index contributed by atoms with van der Waals surface area (Å²) in [6.07, 6.45) is 1.09. The van der Waals surface area contributed by atoms with Crippen molar-refractivity contribution in [3.63, 3.8) is 0 Å². The second kappa shape index (κ2) is 7.05. The summed E-state index contributed by atoms with van der Waals surface area (Å²) in [7, 11) is 3.89. The summed E-state index contributed by atoms with van der Waals surface area (Å²) in [5.41, 5.74) is 5.28. The van der Waals surface area contributed by atoms with E-state index < -0.39 is 0 Å². The molecule has 0 aromatic heterocycles. The van der Waals surface area contributed by atoms with Gasteiger partial charge < -0.3 is 9.64 Å². The molecule has 0 radical (unpaired) electrons. The molecule has 0 saturated carbocycles. The molecule has 0 N–H and O–H groups in total. The summed E-state index contributed by atoms with van der Waals surface area (Å²) >= 11 is 4.26. The molecule has 0 amide bonds. The first-order valence-electron chi connectivity index (χ1n) is 6.44. The number of methoxy groups -OCH3 is 1. The van der Waals surface area contributed by atoms with E-state index in [0.717, 1.165) is 31.0 Å². The van der Waals surface area contributed by atoms with Crippen LogP contribution in [-0.4, -0.2) is 37.9 Å². The van der Waals surface area contributed by atoms with Crippen LogP contribution >= 0.6 is 12.6 Å². The molecule has 0 unspecified atom stereocenters. The Hall–Kier alpha value is -0.670. The predicted octanol–water partition coefficient (Wildman–Crippen LogP) is 3.02. The van der Waals surface area contributed by atoms with Crippen LogP contribution in [0.15, 0.2) is 6.07 Å². The van der Waals surface area contributed by atoms with Crippen LogP contribution in [0.5, 0.6) is 5.75 Å². The molecule has 0 bridgehead atoms. The first kappa shape index (κ1) is 15.4. The first-order chi connectivity index (χ1) is 8.51. The maximum Gasteiger partial charge on any atom is 0.124 e. The van der Waals surface area contributed by atoms with Crippen LogP contribution < -0.4 is 4.74 Å². The van der Waals surface area contributed by atoms with Gasteiger partial charge in [-0.15, -0.1) is 0 Å². The van der Waals surface area contributed by atoms with Crippen molar-refractivity contribution in [2.24, 2.45) is 0 Å². The zero-order chi connectivity index (χ0) is 13.7. The van der Waals surface area contributed by atoms with Crippen molar-refractivity contribution in [3.8, 4) is 5.75 Å². The Bertz CT molecular complexity index is 404. The SMILES string of the molecule is COc1c(C)cc(CCN(C)CCS)c(C)c1C. The molecule has 0 atom stereocenters. The molecule has 102 valence electrons. The molecule has 18 heavy (non-hydrogen) atoms. The van der Waals surface area contributed by atoms with Gasteiger partial charge in [0.1, 0.15) is 5.75 Å². The minimum Gasteiger partial charge on any atom is -0.496 e. The number of ether oxygens (including phenoxy) is 1. The Kier molecular flexibility index (Phi) is 6.03. The third-order valence-corrected chi connectivity index (χ3v) is 3.78. The van der Waals surface area contributed by atoms with Crippen LogP contribution in [0.25, 0.3) is 0 Å². The third kappa shape index (κ3) is 3.66. The Morgan fingerprint density at radius 1 is 1.17 bits per heavy atom. The molecule has 1 aromatic rings. The van der Waals surface area contributed by atoms with Gasteiger partial charge in [-0.2, -0.15) is 12.6 Å². The van der Waals surface area contributed by atoms with E-state index in [0.29, 0.717) is 0 Å². The van der Waals surface area contributed by atoms with Gasteiger partial charge in [-0.05, 0) is 56.5 Å². The van der Waals surface area contributed by atoms with Gasteiger partial charge in [0.25, 0.3) is 0 Å². The van der Waals surface area contributed by atoms with Crippen molar-refractivity contribution in [2.75, 3.05) is 33.0 Å². The van der Waals surface area contributed by atoms with Gasteiger partial charge in [0.05, 0.1) is 7.11 Å². The monoisotopic (exact) mass is 267 g/mol. The molecule has 0 heterocycles. The molecule has 1 aromatic carbocycles. The largest absolute Gasteiger partial charge is 0.496 e. The van der Waals surface area contributed by atoms with Crippen molar-refractivity contribution in [1.29, 1.82) is 0 Å². The van der Waals surface area contributed by atoms with Gasteiger partial charge >= 0.3 is 0 Å². The van der Waals surface area contributed by atoms with E-state index in [2.05, 4.69) is 51.4 Å². The standard InChI is InChI=1S/C15H25NOS/c1-11-10-14(6-7-16(4)8-9-18)12(2)13(3)15(11)17-5/h10,18H,6-9H2,1-5H3. The molecule has 0 fully saturated rings. The van der Waals surface area contributed by atoms with E-state index in [9.17, 15) is 0 Å². The fourth-order valence-corrected chi connectivity index (χ4v) is 2.65. The van der Waals surface area contributed by atoms with Crippen LogP contribution in [0.1, 0.15) is 22.3 Å². The topological polar surface area (TPSA) is 12.5 Å². The van der Waals surface area contributed by atoms with Gasteiger partial charge in [0, 0.05) is 18.8 Å². The number of hydrogen-bond donors (Lipinski definition) is 1. The van der Waals surface area contributed by atoms with Crippen LogP contribution in [0.4, 0.5) is 0 Å². The van der Waals surface area contributed by atoms with Gasteiger partial charge in [0.15, 0.2) is 0 Å². The van der Waals surface area contributed by atoms with Crippen molar-refractivity contribution >= 4 is 12.6 Å². The summed E-state index contributed by atoms with van der Waals surface area (Å²) in [5.74, 6) is 1.94. The molecule has 0 spiro atoms. The first-order valence-corrected chi connectivity index (χ1v) is 7.07. The highest BCUT2D eigenvalue weighted by Crippen LogP contribution is 2.28.